The summed E-state index contributed by atoms with van der Waals surface area (Å²) in [6.45, 7) is 0. The Hall–Kier alpha value is -7.26. The lowest BCUT2D eigenvalue weighted by Gasteiger charge is -2.16. The van der Waals surface area contributed by atoms with E-state index in [2.05, 4.69) is 36.4 Å². The van der Waals surface area contributed by atoms with Gasteiger partial charge in [0.2, 0.25) is 0 Å². The highest BCUT2D eigenvalue weighted by Crippen LogP contribution is 2.53. The first-order valence-corrected chi connectivity index (χ1v) is 19.7. The van der Waals surface area contributed by atoms with Gasteiger partial charge in [0.15, 0.2) is 0 Å². The molecule has 300 valence electrons. The van der Waals surface area contributed by atoms with Crippen LogP contribution in [0.2, 0.25) is 0 Å². The molecule has 9 aromatic rings. The molecule has 0 N–H and O–H groups in total. The Bertz CT molecular complexity index is 3060. The molecule has 0 saturated heterocycles. The van der Waals surface area contributed by atoms with E-state index < -0.39 is 0 Å². The largest absolute Gasteiger partial charge is 0.496 e. The number of benzene rings is 6. The second-order valence-corrected chi connectivity index (χ2v) is 14.7. The van der Waals surface area contributed by atoms with E-state index in [0.717, 1.165) is 66.2 Å². The van der Waals surface area contributed by atoms with Gasteiger partial charge in [-0.15, -0.1) is 0 Å². The summed E-state index contributed by atoms with van der Waals surface area (Å²) in [5.41, 5.74) is 9.82. The number of hydrogen-bond acceptors (Lipinski definition) is 9. The van der Waals surface area contributed by atoms with Crippen molar-refractivity contribution < 1.29 is 41.7 Å². The van der Waals surface area contributed by atoms with E-state index >= 15 is 0 Å². The number of rotatable bonds is 9. The third-order valence-corrected chi connectivity index (χ3v) is 11.7. The minimum absolute atomic E-state index is 0.295. The molecule has 6 bridgehead atoms. The summed E-state index contributed by atoms with van der Waals surface area (Å²) in [4.78, 5) is 0. The van der Waals surface area contributed by atoms with Crippen LogP contribution in [0.25, 0.3) is 66.3 Å². The minimum Gasteiger partial charge on any atom is -0.496 e. The highest BCUT2D eigenvalue weighted by atomic mass is 16.5. The van der Waals surface area contributed by atoms with Gasteiger partial charge in [0.25, 0.3) is 0 Å². The van der Waals surface area contributed by atoms with E-state index in [1.807, 2.05) is 72.8 Å². The monoisotopic (exact) mass is 798 g/mol. The third kappa shape index (κ3) is 5.67. The van der Waals surface area contributed by atoms with Gasteiger partial charge in [0, 0.05) is 64.4 Å². The fraction of sp³-hybridized carbons (Fsp3) is 0.176. The summed E-state index contributed by atoms with van der Waals surface area (Å²) in [6.07, 6.45) is 0.930. The number of fused-ring (bicyclic) bond motifs is 3. The quantitative estimate of drug-likeness (QED) is 0.141. The summed E-state index contributed by atoms with van der Waals surface area (Å²) >= 11 is 0. The highest BCUT2D eigenvalue weighted by Gasteiger charge is 2.33. The van der Waals surface area contributed by atoms with Crippen molar-refractivity contribution >= 4 is 32.9 Å². The van der Waals surface area contributed by atoms with Gasteiger partial charge >= 0.3 is 0 Å². The van der Waals surface area contributed by atoms with Crippen molar-refractivity contribution in [3.8, 4) is 67.9 Å². The van der Waals surface area contributed by atoms with Gasteiger partial charge < -0.3 is 41.7 Å². The first-order valence-electron chi connectivity index (χ1n) is 19.7. The number of ether oxygens (including phenoxy) is 6. The van der Waals surface area contributed by atoms with Crippen LogP contribution in [0.5, 0.6) is 34.5 Å². The van der Waals surface area contributed by atoms with Gasteiger partial charge in [-0.3, -0.25) is 0 Å². The lowest BCUT2D eigenvalue weighted by atomic mass is 9.92. The van der Waals surface area contributed by atoms with Gasteiger partial charge in [-0.05, 0) is 16.7 Å². The second kappa shape index (κ2) is 14.8. The molecule has 0 atom stereocenters. The minimum atomic E-state index is 0.295. The van der Waals surface area contributed by atoms with Crippen LogP contribution in [0, 0.1) is 0 Å². The Morgan fingerprint density at radius 3 is 0.917 bits per heavy atom. The molecule has 0 unspecified atom stereocenters. The fourth-order valence-electron chi connectivity index (χ4n) is 9.07. The molecule has 0 saturated carbocycles. The predicted molar refractivity (Wildman–Crippen MR) is 233 cm³/mol. The Kier molecular flexibility index (Phi) is 9.16. The van der Waals surface area contributed by atoms with Crippen LogP contribution in [0.15, 0.2) is 122 Å². The maximum atomic E-state index is 7.22. The normalized spacial score (nSPS) is 12.3. The molecule has 0 amide bonds. The zero-order valence-corrected chi connectivity index (χ0v) is 34.2. The molecule has 0 spiro atoms. The molecule has 1 aliphatic heterocycles. The van der Waals surface area contributed by atoms with Crippen molar-refractivity contribution in [2.24, 2.45) is 0 Å². The first kappa shape index (κ1) is 37.0. The molecule has 3 aromatic heterocycles. The lowest BCUT2D eigenvalue weighted by molar-refractivity contribution is 0.389. The SMILES string of the molecule is COc1cc(OC)c2c(-c3ccccc3)c3oc2c1Cc1oc2c(c(OC)cc(OC)c2c1-c1ccccc1)Cc1c(OC)cc(OC)c2c(-c4ccccc4)c(oc12)C3. The van der Waals surface area contributed by atoms with Crippen molar-refractivity contribution in [2.45, 2.75) is 19.3 Å². The molecule has 0 aliphatic carbocycles. The van der Waals surface area contributed by atoms with Crippen LogP contribution in [-0.4, -0.2) is 42.7 Å². The lowest BCUT2D eigenvalue weighted by Crippen LogP contribution is -2.00. The molecule has 60 heavy (non-hydrogen) atoms. The Morgan fingerprint density at radius 1 is 0.333 bits per heavy atom. The average molecular weight is 799 g/mol. The van der Waals surface area contributed by atoms with E-state index in [1.165, 1.54) is 0 Å². The number of furan rings is 3. The van der Waals surface area contributed by atoms with Crippen molar-refractivity contribution in [2.75, 3.05) is 42.7 Å². The fourth-order valence-corrected chi connectivity index (χ4v) is 9.07. The number of hydrogen-bond donors (Lipinski definition) is 0. The van der Waals surface area contributed by atoms with Crippen LogP contribution in [0.3, 0.4) is 0 Å². The smallest absolute Gasteiger partial charge is 0.146 e. The topological polar surface area (TPSA) is 94.8 Å². The molecule has 1 aliphatic rings. The number of methoxy groups -OCH3 is 6. The van der Waals surface area contributed by atoms with Crippen LogP contribution in [0.4, 0.5) is 0 Å². The summed E-state index contributed by atoms with van der Waals surface area (Å²) in [7, 11) is 9.98. The van der Waals surface area contributed by atoms with Crippen LogP contribution < -0.4 is 28.4 Å². The van der Waals surface area contributed by atoms with E-state index in [4.69, 9.17) is 41.7 Å². The van der Waals surface area contributed by atoms with Crippen molar-refractivity contribution in [1.82, 2.24) is 0 Å². The molecule has 0 radical (unpaired) electrons. The van der Waals surface area contributed by atoms with Gasteiger partial charge in [0.05, 0.1) is 65.2 Å². The van der Waals surface area contributed by atoms with Crippen molar-refractivity contribution in [3.63, 3.8) is 0 Å². The van der Waals surface area contributed by atoms with Gasteiger partial charge in [-0.2, -0.15) is 0 Å². The molecule has 4 heterocycles. The maximum Gasteiger partial charge on any atom is 0.146 e. The van der Waals surface area contributed by atoms with Crippen LogP contribution >= 0.6 is 0 Å². The first-order chi connectivity index (χ1) is 29.5. The molecule has 10 rings (SSSR count). The molecular weight excluding hydrogens is 757 g/mol. The van der Waals surface area contributed by atoms with Gasteiger partial charge in [-0.1, -0.05) is 91.0 Å². The second-order valence-electron chi connectivity index (χ2n) is 14.7. The van der Waals surface area contributed by atoms with Gasteiger partial charge in [-0.25, -0.2) is 0 Å². The van der Waals surface area contributed by atoms with Gasteiger partial charge in [0.1, 0.15) is 68.5 Å². The van der Waals surface area contributed by atoms with Crippen molar-refractivity contribution in [3.05, 3.63) is 143 Å². The molecule has 6 aromatic carbocycles. The third-order valence-electron chi connectivity index (χ3n) is 11.7. The van der Waals surface area contributed by atoms with Crippen LogP contribution in [-0.2, 0) is 19.3 Å². The molecule has 9 heteroatoms. The van der Waals surface area contributed by atoms with E-state index in [9.17, 15) is 0 Å². The van der Waals surface area contributed by atoms with E-state index in [1.54, 1.807) is 42.7 Å². The van der Waals surface area contributed by atoms with E-state index in [0.29, 0.717) is 87.8 Å². The molecular formula is C51H42O9. The van der Waals surface area contributed by atoms with Crippen LogP contribution in [0.1, 0.15) is 34.0 Å². The maximum absolute atomic E-state index is 7.22. The summed E-state index contributed by atoms with van der Waals surface area (Å²) in [5.74, 6) is 5.70. The Balaban J connectivity index is 1.43. The standard InChI is InChI=1S/C51H42O9/c1-52-34-24-37(55-4)46-43(28-16-10-7-11-17-28)40-23-33-36(54-3)26-39(57-6)48-45(30-20-14-9-15-21-30)42(60-51(33)48)27-41-44(29-18-12-8-13-19-29)47-38(56-5)25-35(53-2)32(50(47)59-41)22-31(34)49(46)58-40/h7-21,24-26H,22-23,27H2,1-6H3. The molecule has 0 fully saturated rings. The van der Waals surface area contributed by atoms with Crippen molar-refractivity contribution in [1.29, 1.82) is 0 Å². The predicted octanol–water partition coefficient (Wildman–Crippen LogP) is 12.1. The zero-order valence-electron chi connectivity index (χ0n) is 34.2. The summed E-state index contributed by atoms with van der Waals surface area (Å²) in [5, 5.41) is 2.44. The van der Waals surface area contributed by atoms with E-state index in [-0.39, 0.29) is 0 Å². The zero-order chi connectivity index (χ0) is 41.1. The summed E-state index contributed by atoms with van der Waals surface area (Å²) in [6, 6.07) is 36.5. The average Bonchev–Trinajstić information content (AvgIpc) is 3.99. The molecule has 9 nitrogen and oxygen atoms in total. The highest BCUT2D eigenvalue weighted by molar-refractivity contribution is 6.07. The Labute approximate surface area is 346 Å². The summed E-state index contributed by atoms with van der Waals surface area (Å²) < 4.78 is 58.6. The Morgan fingerprint density at radius 2 is 0.617 bits per heavy atom.